The van der Waals surface area contributed by atoms with Crippen molar-refractivity contribution < 1.29 is 8.42 Å². The van der Waals surface area contributed by atoms with Gasteiger partial charge >= 0.3 is 0 Å². The second kappa shape index (κ2) is 9.16. The van der Waals surface area contributed by atoms with Crippen molar-refractivity contribution in [3.8, 4) is 5.69 Å². The molecule has 3 rings (SSSR count). The predicted octanol–water partition coefficient (Wildman–Crippen LogP) is 5.53. The van der Waals surface area contributed by atoms with Crippen LogP contribution in [-0.2, 0) is 10.0 Å². The van der Waals surface area contributed by atoms with Gasteiger partial charge in [0, 0.05) is 47.0 Å². The quantitative estimate of drug-likeness (QED) is 0.451. The molecule has 0 saturated heterocycles. The van der Waals surface area contributed by atoms with Crippen LogP contribution in [0.15, 0.2) is 64.5 Å². The third-order valence-electron chi connectivity index (χ3n) is 5.09. The number of nitrogens with zero attached hydrogens (tertiary/aromatic N) is 3. The van der Waals surface area contributed by atoms with Crippen molar-refractivity contribution >= 4 is 33.5 Å². The standard InChI is InChI=1S/C23H26ClN3O2S/c1-5-26(6-2)30(28,29)23-13-9-21(10-14-23)25-16-19-15-17(3)27(18(19)4)22-11-7-20(24)8-12-22/h7-16H,5-6H2,1-4H3. The monoisotopic (exact) mass is 443 g/mol. The molecule has 0 bridgehead atoms. The second-order valence-electron chi connectivity index (χ2n) is 6.98. The first kappa shape index (κ1) is 22.3. The Morgan fingerprint density at radius 2 is 1.60 bits per heavy atom. The molecule has 1 aromatic heterocycles. The minimum atomic E-state index is -3.46. The molecule has 2 aromatic carbocycles. The molecule has 0 unspecified atom stereocenters. The Labute approximate surface area is 183 Å². The van der Waals surface area contributed by atoms with Crippen molar-refractivity contribution in [3.63, 3.8) is 0 Å². The lowest BCUT2D eigenvalue weighted by Gasteiger charge is -2.18. The van der Waals surface area contributed by atoms with Gasteiger partial charge in [-0.3, -0.25) is 4.99 Å². The van der Waals surface area contributed by atoms with Crippen molar-refractivity contribution in [3.05, 3.63) is 76.6 Å². The van der Waals surface area contributed by atoms with Crippen LogP contribution in [0.4, 0.5) is 5.69 Å². The summed E-state index contributed by atoms with van der Waals surface area (Å²) >= 11 is 6.00. The molecule has 0 saturated carbocycles. The maximum absolute atomic E-state index is 12.6. The lowest BCUT2D eigenvalue weighted by molar-refractivity contribution is 0.445. The molecule has 0 aliphatic carbocycles. The highest BCUT2D eigenvalue weighted by molar-refractivity contribution is 7.89. The Morgan fingerprint density at radius 3 is 2.17 bits per heavy atom. The number of aryl methyl sites for hydroxylation is 1. The molecular formula is C23H26ClN3O2S. The lowest BCUT2D eigenvalue weighted by Crippen LogP contribution is -2.30. The zero-order valence-corrected chi connectivity index (χ0v) is 19.2. The zero-order chi connectivity index (χ0) is 21.9. The molecule has 30 heavy (non-hydrogen) atoms. The SMILES string of the molecule is CCN(CC)S(=O)(=O)c1ccc(N=Cc2cc(C)n(-c3ccc(Cl)cc3)c2C)cc1. The molecule has 0 radical (unpaired) electrons. The first-order valence-electron chi connectivity index (χ1n) is 9.87. The van der Waals surface area contributed by atoms with Crippen LogP contribution in [0, 0.1) is 13.8 Å². The Bertz CT molecular complexity index is 1140. The molecule has 158 valence electrons. The number of rotatable bonds is 7. The number of aromatic nitrogens is 1. The summed E-state index contributed by atoms with van der Waals surface area (Å²) in [7, 11) is -3.46. The fourth-order valence-electron chi connectivity index (χ4n) is 3.47. The maximum Gasteiger partial charge on any atom is 0.243 e. The number of aliphatic imine (C=N–C) groups is 1. The summed E-state index contributed by atoms with van der Waals surface area (Å²) in [5.74, 6) is 0. The molecule has 0 spiro atoms. The van der Waals surface area contributed by atoms with Crippen LogP contribution >= 0.6 is 11.6 Å². The van der Waals surface area contributed by atoms with Crippen LogP contribution < -0.4 is 0 Å². The van der Waals surface area contributed by atoms with E-state index in [0.29, 0.717) is 23.8 Å². The number of hydrogen-bond acceptors (Lipinski definition) is 3. The molecule has 0 amide bonds. The number of hydrogen-bond donors (Lipinski definition) is 0. The van der Waals surface area contributed by atoms with Crippen LogP contribution in [0.3, 0.4) is 0 Å². The molecule has 3 aromatic rings. The van der Waals surface area contributed by atoms with Gasteiger partial charge in [-0.15, -0.1) is 0 Å². The van der Waals surface area contributed by atoms with Gasteiger partial charge < -0.3 is 4.57 Å². The fraction of sp³-hybridized carbons (Fsp3) is 0.261. The van der Waals surface area contributed by atoms with E-state index in [1.54, 1.807) is 24.3 Å². The van der Waals surface area contributed by atoms with Crippen molar-refractivity contribution in [2.45, 2.75) is 32.6 Å². The summed E-state index contributed by atoms with van der Waals surface area (Å²) < 4.78 is 28.8. The van der Waals surface area contributed by atoms with Gasteiger partial charge in [0.25, 0.3) is 0 Å². The smallest absolute Gasteiger partial charge is 0.243 e. The molecule has 1 heterocycles. The van der Waals surface area contributed by atoms with E-state index < -0.39 is 10.0 Å². The molecular weight excluding hydrogens is 418 g/mol. The first-order valence-corrected chi connectivity index (χ1v) is 11.7. The van der Waals surface area contributed by atoms with E-state index in [2.05, 4.69) is 15.6 Å². The summed E-state index contributed by atoms with van der Waals surface area (Å²) in [4.78, 5) is 4.82. The van der Waals surface area contributed by atoms with Gasteiger partial charge in [0.15, 0.2) is 0 Å². The highest BCUT2D eigenvalue weighted by Crippen LogP contribution is 2.23. The van der Waals surface area contributed by atoms with Gasteiger partial charge in [-0.2, -0.15) is 4.31 Å². The lowest BCUT2D eigenvalue weighted by atomic mass is 10.2. The Balaban J connectivity index is 1.85. The number of sulfonamides is 1. The summed E-state index contributed by atoms with van der Waals surface area (Å²) in [6.45, 7) is 8.65. The van der Waals surface area contributed by atoms with Gasteiger partial charge in [-0.05, 0) is 68.4 Å². The highest BCUT2D eigenvalue weighted by atomic mass is 35.5. The van der Waals surface area contributed by atoms with Gasteiger partial charge in [0.2, 0.25) is 10.0 Å². The third kappa shape index (κ3) is 4.51. The van der Waals surface area contributed by atoms with E-state index in [9.17, 15) is 8.42 Å². The molecule has 5 nitrogen and oxygen atoms in total. The van der Waals surface area contributed by atoms with Crippen molar-refractivity contribution in [1.82, 2.24) is 8.87 Å². The van der Waals surface area contributed by atoms with Gasteiger partial charge in [0.1, 0.15) is 0 Å². The summed E-state index contributed by atoms with van der Waals surface area (Å²) in [5, 5.41) is 0.703. The number of benzene rings is 2. The molecule has 0 N–H and O–H groups in total. The Kier molecular flexibility index (Phi) is 6.81. The highest BCUT2D eigenvalue weighted by Gasteiger charge is 2.21. The van der Waals surface area contributed by atoms with Crippen LogP contribution in [0.25, 0.3) is 5.69 Å². The largest absolute Gasteiger partial charge is 0.318 e. The van der Waals surface area contributed by atoms with Crippen molar-refractivity contribution in [1.29, 1.82) is 0 Å². The van der Waals surface area contributed by atoms with Crippen molar-refractivity contribution in [2.75, 3.05) is 13.1 Å². The predicted molar refractivity (Wildman–Crippen MR) is 124 cm³/mol. The Morgan fingerprint density at radius 1 is 1.00 bits per heavy atom. The molecule has 0 aliphatic heterocycles. The van der Waals surface area contributed by atoms with Gasteiger partial charge in [0.05, 0.1) is 10.6 Å². The first-order chi connectivity index (χ1) is 14.3. The van der Waals surface area contributed by atoms with E-state index in [-0.39, 0.29) is 4.90 Å². The molecule has 0 aliphatic rings. The van der Waals surface area contributed by atoms with E-state index in [1.807, 2.05) is 58.2 Å². The average molecular weight is 444 g/mol. The van der Waals surface area contributed by atoms with E-state index in [4.69, 9.17) is 11.6 Å². The van der Waals surface area contributed by atoms with E-state index in [1.165, 1.54) is 4.31 Å². The minimum Gasteiger partial charge on any atom is -0.318 e. The van der Waals surface area contributed by atoms with Crippen LogP contribution in [0.2, 0.25) is 5.02 Å². The fourth-order valence-corrected chi connectivity index (χ4v) is 5.05. The normalized spacial score (nSPS) is 12.2. The summed E-state index contributed by atoms with van der Waals surface area (Å²) in [6.07, 6.45) is 1.81. The third-order valence-corrected chi connectivity index (χ3v) is 7.40. The second-order valence-corrected chi connectivity index (χ2v) is 9.35. The molecule has 0 atom stereocenters. The van der Waals surface area contributed by atoms with E-state index >= 15 is 0 Å². The number of halogens is 1. The Hall–Kier alpha value is -2.41. The van der Waals surface area contributed by atoms with E-state index in [0.717, 1.165) is 22.6 Å². The molecule has 0 fully saturated rings. The average Bonchev–Trinajstić information content (AvgIpc) is 3.01. The maximum atomic E-state index is 12.6. The zero-order valence-electron chi connectivity index (χ0n) is 17.6. The van der Waals surface area contributed by atoms with Crippen LogP contribution in [0.5, 0.6) is 0 Å². The molecule has 7 heteroatoms. The van der Waals surface area contributed by atoms with Gasteiger partial charge in [-0.25, -0.2) is 8.42 Å². The van der Waals surface area contributed by atoms with Gasteiger partial charge in [-0.1, -0.05) is 25.4 Å². The van der Waals surface area contributed by atoms with Crippen molar-refractivity contribution in [2.24, 2.45) is 4.99 Å². The van der Waals surface area contributed by atoms with Crippen LogP contribution in [-0.4, -0.2) is 36.6 Å². The van der Waals surface area contributed by atoms with Crippen LogP contribution in [0.1, 0.15) is 30.8 Å². The minimum absolute atomic E-state index is 0.283. The summed E-state index contributed by atoms with van der Waals surface area (Å²) in [6, 6.07) is 16.5. The topological polar surface area (TPSA) is 54.7 Å². The summed E-state index contributed by atoms with van der Waals surface area (Å²) in [5.41, 5.74) is 4.91.